The smallest absolute Gasteiger partial charge is 0.217 e. The fourth-order valence-electron chi connectivity index (χ4n) is 1.71. The number of thiocarbonyl (C=S) groups is 1. The molecule has 0 aliphatic rings. The number of primary amides is 1. The maximum absolute atomic E-state index is 10.7. The minimum atomic E-state index is -0.273. The quantitative estimate of drug-likeness (QED) is 0.547. The van der Waals surface area contributed by atoms with Gasteiger partial charge in [0.05, 0.1) is 11.3 Å². The third-order valence-electron chi connectivity index (χ3n) is 2.56. The van der Waals surface area contributed by atoms with Gasteiger partial charge in [0.1, 0.15) is 0 Å². The molecule has 1 rings (SSSR count). The van der Waals surface area contributed by atoms with Gasteiger partial charge >= 0.3 is 0 Å². The van der Waals surface area contributed by atoms with Crippen LogP contribution in [0.4, 0.5) is 0 Å². The van der Waals surface area contributed by atoms with E-state index in [0.29, 0.717) is 12.8 Å². The van der Waals surface area contributed by atoms with E-state index in [4.69, 9.17) is 18.0 Å². The lowest BCUT2D eigenvalue weighted by Gasteiger charge is -2.12. The lowest BCUT2D eigenvalue weighted by Crippen LogP contribution is -2.26. The summed E-state index contributed by atoms with van der Waals surface area (Å²) in [6.45, 7) is 3.73. The van der Waals surface area contributed by atoms with E-state index in [2.05, 4.69) is 10.3 Å². The second-order valence-corrected chi connectivity index (χ2v) is 4.98. The molecule has 0 aliphatic heterocycles. The zero-order valence-electron chi connectivity index (χ0n) is 10.6. The van der Waals surface area contributed by atoms with Gasteiger partial charge in [-0.1, -0.05) is 19.1 Å². The van der Waals surface area contributed by atoms with Gasteiger partial charge in [-0.25, -0.2) is 4.98 Å². The summed E-state index contributed by atoms with van der Waals surface area (Å²) >= 11 is 5.21. The monoisotopic (exact) mass is 268 g/mol. The Bertz CT molecular complexity index is 377. The summed E-state index contributed by atoms with van der Waals surface area (Å²) in [5, 5.41) is 3.19. The highest BCUT2D eigenvalue weighted by atomic mass is 32.1. The Labute approximate surface area is 113 Å². The average molecular weight is 268 g/mol. The van der Waals surface area contributed by atoms with Crippen molar-refractivity contribution < 1.29 is 4.79 Å². The Morgan fingerprint density at radius 3 is 2.94 bits per heavy atom. The summed E-state index contributed by atoms with van der Waals surface area (Å²) in [7, 11) is 0. The molecule has 0 aliphatic carbocycles. The molecule has 0 unspecified atom stereocenters. The summed E-state index contributed by atoms with van der Waals surface area (Å²) < 4.78 is 2.03. The van der Waals surface area contributed by atoms with E-state index in [-0.39, 0.29) is 11.8 Å². The fourth-order valence-corrected chi connectivity index (χ4v) is 2.10. The van der Waals surface area contributed by atoms with Gasteiger partial charge in [0.2, 0.25) is 5.91 Å². The maximum Gasteiger partial charge on any atom is 0.217 e. The highest BCUT2D eigenvalue weighted by Gasteiger charge is 2.08. The van der Waals surface area contributed by atoms with Crippen molar-refractivity contribution in [3.05, 3.63) is 18.7 Å². The first-order valence-corrected chi connectivity index (χ1v) is 6.49. The first-order valence-electron chi connectivity index (χ1n) is 6.08. The van der Waals surface area contributed by atoms with E-state index < -0.39 is 0 Å². The number of nitrogens with zero attached hydrogens (tertiary/aromatic N) is 2. The van der Waals surface area contributed by atoms with Crippen LogP contribution in [-0.4, -0.2) is 27.0 Å². The molecule has 1 aromatic heterocycles. The standard InChI is InChI=1S/C12H20N4OS/c1-10(7-11(13)17)8-12(18)15-3-2-5-16-6-4-14-9-16/h4,6,9-10H,2-3,5,7-8H2,1H3,(H2,13,17)(H,15,18)/t10-/m0/s1. The highest BCUT2D eigenvalue weighted by molar-refractivity contribution is 7.80. The van der Waals surface area contributed by atoms with E-state index in [0.717, 1.165) is 24.5 Å². The number of aryl methyl sites for hydroxylation is 1. The van der Waals surface area contributed by atoms with Gasteiger partial charge in [-0.2, -0.15) is 0 Å². The first kappa shape index (κ1) is 14.6. The Hall–Kier alpha value is -1.43. The molecular formula is C12H20N4OS. The molecule has 5 nitrogen and oxygen atoms in total. The van der Waals surface area contributed by atoms with Crippen LogP contribution in [0.2, 0.25) is 0 Å². The van der Waals surface area contributed by atoms with Gasteiger partial charge in [0.15, 0.2) is 0 Å². The normalized spacial score (nSPS) is 12.1. The lowest BCUT2D eigenvalue weighted by atomic mass is 10.0. The Balaban J connectivity index is 2.08. The van der Waals surface area contributed by atoms with E-state index in [1.807, 2.05) is 17.7 Å². The summed E-state index contributed by atoms with van der Waals surface area (Å²) in [6.07, 6.45) is 7.59. The van der Waals surface area contributed by atoms with Crippen LogP contribution >= 0.6 is 12.2 Å². The predicted octanol–water partition coefficient (Wildman–Crippen LogP) is 1.09. The number of nitrogens with two attached hydrogens (primary N) is 1. The van der Waals surface area contributed by atoms with E-state index in [1.165, 1.54) is 0 Å². The number of rotatable bonds is 8. The molecule has 100 valence electrons. The molecule has 0 bridgehead atoms. The van der Waals surface area contributed by atoms with Crippen LogP contribution in [0.3, 0.4) is 0 Å². The topological polar surface area (TPSA) is 72.9 Å². The number of hydrogen-bond acceptors (Lipinski definition) is 3. The number of imidazole rings is 1. The predicted molar refractivity (Wildman–Crippen MR) is 75.0 cm³/mol. The average Bonchev–Trinajstić information content (AvgIpc) is 2.75. The largest absolute Gasteiger partial charge is 0.380 e. The van der Waals surface area contributed by atoms with Gasteiger partial charge in [-0.15, -0.1) is 0 Å². The molecule has 1 atom stereocenters. The summed E-state index contributed by atoms with van der Waals surface area (Å²) in [6, 6.07) is 0. The van der Waals surface area contributed by atoms with E-state index >= 15 is 0 Å². The van der Waals surface area contributed by atoms with Crippen LogP contribution < -0.4 is 11.1 Å². The van der Waals surface area contributed by atoms with Crippen molar-refractivity contribution in [3.8, 4) is 0 Å². The third-order valence-corrected chi connectivity index (χ3v) is 2.87. The van der Waals surface area contributed by atoms with Crippen LogP contribution in [0.1, 0.15) is 26.2 Å². The molecule has 0 aromatic carbocycles. The van der Waals surface area contributed by atoms with Crippen LogP contribution in [0, 0.1) is 5.92 Å². The van der Waals surface area contributed by atoms with Crippen molar-refractivity contribution in [3.63, 3.8) is 0 Å². The molecule has 0 saturated heterocycles. The van der Waals surface area contributed by atoms with Crippen molar-refractivity contribution in [1.82, 2.24) is 14.9 Å². The van der Waals surface area contributed by atoms with E-state index in [9.17, 15) is 4.79 Å². The molecule has 0 spiro atoms. The SMILES string of the molecule is C[C@@H](CC(N)=O)CC(=S)NCCCn1ccnc1. The van der Waals surface area contributed by atoms with Gasteiger partial charge in [-0.3, -0.25) is 4.79 Å². The zero-order chi connectivity index (χ0) is 13.4. The molecule has 1 heterocycles. The number of hydrogen-bond donors (Lipinski definition) is 2. The first-order chi connectivity index (χ1) is 8.58. The van der Waals surface area contributed by atoms with Crippen LogP contribution in [-0.2, 0) is 11.3 Å². The zero-order valence-corrected chi connectivity index (χ0v) is 11.4. The number of aromatic nitrogens is 2. The number of carbonyl (C=O) groups excluding carboxylic acids is 1. The lowest BCUT2D eigenvalue weighted by molar-refractivity contribution is -0.118. The summed E-state index contributed by atoms with van der Waals surface area (Å²) in [5.74, 6) is -0.0680. The van der Waals surface area contributed by atoms with Crippen molar-refractivity contribution in [1.29, 1.82) is 0 Å². The molecule has 6 heteroatoms. The Kier molecular flexibility index (Phi) is 6.35. The van der Waals surface area contributed by atoms with Crippen molar-refractivity contribution in [2.24, 2.45) is 11.7 Å². The second kappa shape index (κ2) is 7.81. The highest BCUT2D eigenvalue weighted by Crippen LogP contribution is 2.07. The fraction of sp³-hybridized carbons (Fsp3) is 0.583. The number of carbonyl (C=O) groups is 1. The molecule has 0 fully saturated rings. The molecule has 3 N–H and O–H groups in total. The summed E-state index contributed by atoms with van der Waals surface area (Å²) in [4.78, 5) is 15.5. The van der Waals surface area contributed by atoms with Crippen LogP contribution in [0.15, 0.2) is 18.7 Å². The van der Waals surface area contributed by atoms with Gasteiger partial charge < -0.3 is 15.6 Å². The Morgan fingerprint density at radius 1 is 1.56 bits per heavy atom. The molecule has 18 heavy (non-hydrogen) atoms. The molecule has 0 saturated carbocycles. The minimum Gasteiger partial charge on any atom is -0.380 e. The maximum atomic E-state index is 10.7. The third kappa shape index (κ3) is 6.34. The van der Waals surface area contributed by atoms with Gasteiger partial charge in [0.25, 0.3) is 0 Å². The van der Waals surface area contributed by atoms with Gasteiger partial charge in [0, 0.05) is 38.3 Å². The van der Waals surface area contributed by atoms with Gasteiger partial charge in [-0.05, 0) is 12.3 Å². The molecule has 1 amide bonds. The van der Waals surface area contributed by atoms with Crippen LogP contribution in [0.25, 0.3) is 0 Å². The summed E-state index contributed by atoms with van der Waals surface area (Å²) in [5.41, 5.74) is 5.13. The number of amides is 1. The van der Waals surface area contributed by atoms with Crippen molar-refractivity contribution in [2.45, 2.75) is 32.7 Å². The number of nitrogens with one attached hydrogen (secondary N) is 1. The Morgan fingerprint density at radius 2 is 2.33 bits per heavy atom. The second-order valence-electron chi connectivity index (χ2n) is 4.48. The van der Waals surface area contributed by atoms with Crippen molar-refractivity contribution in [2.75, 3.05) is 6.54 Å². The van der Waals surface area contributed by atoms with Crippen molar-refractivity contribution >= 4 is 23.1 Å². The van der Waals surface area contributed by atoms with E-state index in [1.54, 1.807) is 12.5 Å². The molecule has 0 radical (unpaired) electrons. The molecule has 1 aromatic rings. The minimum absolute atomic E-state index is 0.205. The van der Waals surface area contributed by atoms with Crippen LogP contribution in [0.5, 0.6) is 0 Å². The molecular weight excluding hydrogens is 248 g/mol.